The van der Waals surface area contributed by atoms with Gasteiger partial charge in [0.1, 0.15) is 5.82 Å². The molecule has 28 heavy (non-hydrogen) atoms. The minimum absolute atomic E-state index is 0.0643. The molecule has 1 aromatic carbocycles. The Labute approximate surface area is 163 Å². The minimum Gasteiger partial charge on any atom is -0.353 e. The van der Waals surface area contributed by atoms with Gasteiger partial charge in [0.2, 0.25) is 0 Å². The summed E-state index contributed by atoms with van der Waals surface area (Å²) in [7, 11) is 2.00. The van der Waals surface area contributed by atoms with E-state index in [2.05, 4.69) is 26.3 Å². The number of rotatable bonds is 4. The number of carbonyl (C=O) groups is 1. The zero-order valence-electron chi connectivity index (χ0n) is 15.9. The average Bonchev–Trinajstić information content (AvgIpc) is 3.34. The van der Waals surface area contributed by atoms with Gasteiger partial charge in [-0.2, -0.15) is 15.0 Å². The first-order valence-corrected chi connectivity index (χ1v) is 9.75. The Kier molecular flexibility index (Phi) is 4.11. The molecule has 1 amide bonds. The zero-order chi connectivity index (χ0) is 19.1. The molecule has 1 aliphatic heterocycles. The summed E-state index contributed by atoms with van der Waals surface area (Å²) in [5.74, 6) is 1.73. The van der Waals surface area contributed by atoms with Crippen LogP contribution in [-0.4, -0.2) is 61.8 Å². The molecule has 3 aromatic rings. The highest BCUT2D eigenvalue weighted by atomic mass is 16.2. The van der Waals surface area contributed by atoms with Crippen molar-refractivity contribution < 1.29 is 4.79 Å². The topological polar surface area (TPSA) is 72.1 Å². The summed E-state index contributed by atoms with van der Waals surface area (Å²) in [5.41, 5.74) is 2.43. The molecule has 1 saturated heterocycles. The number of benzene rings is 1. The van der Waals surface area contributed by atoms with E-state index >= 15 is 0 Å². The largest absolute Gasteiger partial charge is 0.353 e. The van der Waals surface area contributed by atoms with E-state index in [-0.39, 0.29) is 5.91 Å². The Bertz CT molecular complexity index is 981. The summed E-state index contributed by atoms with van der Waals surface area (Å²) in [4.78, 5) is 18.5. The third-order valence-corrected chi connectivity index (χ3v) is 5.46. The quantitative estimate of drug-likeness (QED) is 0.694. The molecule has 0 radical (unpaired) electrons. The maximum Gasteiger partial charge on any atom is 0.276 e. The molecule has 0 N–H and O–H groups in total. The molecular formula is C20H23N7O. The summed E-state index contributed by atoms with van der Waals surface area (Å²) < 4.78 is 1.97. The van der Waals surface area contributed by atoms with Gasteiger partial charge in [0.15, 0.2) is 5.69 Å². The number of hydrogen-bond donors (Lipinski definition) is 0. The van der Waals surface area contributed by atoms with Gasteiger partial charge >= 0.3 is 0 Å². The molecule has 0 spiro atoms. The van der Waals surface area contributed by atoms with E-state index in [9.17, 15) is 4.79 Å². The van der Waals surface area contributed by atoms with E-state index in [4.69, 9.17) is 0 Å². The zero-order valence-corrected chi connectivity index (χ0v) is 15.9. The van der Waals surface area contributed by atoms with Gasteiger partial charge in [-0.25, -0.2) is 0 Å². The second kappa shape index (κ2) is 6.78. The third kappa shape index (κ3) is 3.15. The van der Waals surface area contributed by atoms with Gasteiger partial charge in [0.25, 0.3) is 5.91 Å². The molecule has 8 heteroatoms. The Morgan fingerprint density at radius 3 is 2.50 bits per heavy atom. The maximum atomic E-state index is 12.8. The van der Waals surface area contributed by atoms with Gasteiger partial charge in [0, 0.05) is 45.2 Å². The lowest BCUT2D eigenvalue weighted by molar-refractivity contribution is 0.0740. The number of nitrogens with zero attached hydrogens (tertiary/aromatic N) is 7. The predicted molar refractivity (Wildman–Crippen MR) is 105 cm³/mol. The molecule has 2 aliphatic rings. The van der Waals surface area contributed by atoms with E-state index in [1.807, 2.05) is 47.0 Å². The number of amides is 1. The first-order chi connectivity index (χ1) is 13.7. The number of aromatic nitrogens is 5. The lowest BCUT2D eigenvalue weighted by atomic mass is 10.2. The highest BCUT2D eigenvalue weighted by Gasteiger charge is 2.29. The molecular weight excluding hydrogens is 354 g/mol. The third-order valence-electron chi connectivity index (χ3n) is 5.46. The van der Waals surface area contributed by atoms with Gasteiger partial charge in [-0.1, -0.05) is 18.2 Å². The summed E-state index contributed by atoms with van der Waals surface area (Å²) in [5, 5.41) is 13.3. The summed E-state index contributed by atoms with van der Waals surface area (Å²) in [6.45, 7) is 2.92. The van der Waals surface area contributed by atoms with Gasteiger partial charge < -0.3 is 9.80 Å². The number of anilines is 1. The number of aryl methyl sites for hydroxylation is 1. The Balaban J connectivity index is 1.24. The van der Waals surface area contributed by atoms with Crippen LogP contribution in [0.3, 0.4) is 0 Å². The standard InChI is InChI=1S/C20H23N7O/c1-24-19(13-17(22-24)15-7-8-15)25-9-11-26(12-10-25)20(28)18-14-21-27(23-18)16-5-3-2-4-6-16/h2-6,13-15H,7-12H2,1H3. The summed E-state index contributed by atoms with van der Waals surface area (Å²) in [6, 6.07) is 11.8. The first kappa shape index (κ1) is 17.0. The van der Waals surface area contributed by atoms with Crippen LogP contribution in [-0.2, 0) is 7.05 Å². The van der Waals surface area contributed by atoms with E-state index in [0.717, 1.165) is 24.6 Å². The predicted octanol–water partition coefficient (Wildman–Crippen LogP) is 1.84. The van der Waals surface area contributed by atoms with Crippen molar-refractivity contribution in [3.8, 4) is 5.69 Å². The van der Waals surface area contributed by atoms with Crippen LogP contribution in [0.1, 0.15) is 34.9 Å². The van der Waals surface area contributed by atoms with Crippen LogP contribution in [0.2, 0.25) is 0 Å². The van der Waals surface area contributed by atoms with E-state index in [1.54, 1.807) is 6.20 Å². The number of hydrogen-bond acceptors (Lipinski definition) is 5. The molecule has 3 heterocycles. The van der Waals surface area contributed by atoms with Gasteiger partial charge in [-0.05, 0) is 25.0 Å². The SMILES string of the molecule is Cn1nc(C2CC2)cc1N1CCN(C(=O)c2cnn(-c3ccccc3)n2)CC1. The summed E-state index contributed by atoms with van der Waals surface area (Å²) >= 11 is 0. The second-order valence-corrected chi connectivity index (χ2v) is 7.46. The fraction of sp³-hybridized carbons (Fsp3) is 0.400. The van der Waals surface area contributed by atoms with Crippen LogP contribution in [0.4, 0.5) is 5.82 Å². The van der Waals surface area contributed by atoms with Crippen molar-refractivity contribution in [2.45, 2.75) is 18.8 Å². The van der Waals surface area contributed by atoms with Crippen LogP contribution in [0.15, 0.2) is 42.6 Å². The normalized spacial score (nSPS) is 17.2. The molecule has 8 nitrogen and oxygen atoms in total. The molecule has 5 rings (SSSR count). The molecule has 0 atom stereocenters. The highest BCUT2D eigenvalue weighted by molar-refractivity contribution is 5.92. The van der Waals surface area contributed by atoms with E-state index in [1.165, 1.54) is 23.3 Å². The van der Waals surface area contributed by atoms with Crippen molar-refractivity contribution in [3.63, 3.8) is 0 Å². The lowest BCUT2D eigenvalue weighted by Gasteiger charge is -2.35. The molecule has 2 aromatic heterocycles. The second-order valence-electron chi connectivity index (χ2n) is 7.46. The Hall–Kier alpha value is -3.16. The van der Waals surface area contributed by atoms with Crippen molar-refractivity contribution >= 4 is 11.7 Å². The Morgan fingerprint density at radius 1 is 1.04 bits per heavy atom. The molecule has 0 unspecified atom stereocenters. The number of para-hydroxylation sites is 1. The molecule has 1 aliphatic carbocycles. The highest BCUT2D eigenvalue weighted by Crippen LogP contribution is 2.40. The van der Waals surface area contributed by atoms with Crippen LogP contribution in [0.5, 0.6) is 0 Å². The van der Waals surface area contributed by atoms with Crippen molar-refractivity contribution in [3.05, 3.63) is 54.0 Å². The van der Waals surface area contributed by atoms with Crippen LogP contribution < -0.4 is 4.90 Å². The molecule has 2 fully saturated rings. The summed E-state index contributed by atoms with van der Waals surface area (Å²) in [6.07, 6.45) is 4.05. The molecule has 144 valence electrons. The van der Waals surface area contributed by atoms with Crippen molar-refractivity contribution in [1.29, 1.82) is 0 Å². The fourth-order valence-corrected chi connectivity index (χ4v) is 3.70. The van der Waals surface area contributed by atoms with Crippen LogP contribution in [0, 0.1) is 0 Å². The first-order valence-electron chi connectivity index (χ1n) is 9.75. The molecule has 1 saturated carbocycles. The molecule has 0 bridgehead atoms. The van der Waals surface area contributed by atoms with Crippen molar-refractivity contribution in [2.24, 2.45) is 7.05 Å². The van der Waals surface area contributed by atoms with Crippen LogP contribution >= 0.6 is 0 Å². The van der Waals surface area contributed by atoms with Gasteiger partial charge in [-0.15, -0.1) is 5.10 Å². The number of carbonyl (C=O) groups excluding carboxylic acids is 1. The van der Waals surface area contributed by atoms with E-state index in [0.29, 0.717) is 24.7 Å². The Morgan fingerprint density at radius 2 is 1.79 bits per heavy atom. The van der Waals surface area contributed by atoms with E-state index < -0.39 is 0 Å². The van der Waals surface area contributed by atoms with Crippen molar-refractivity contribution in [1.82, 2.24) is 29.7 Å². The average molecular weight is 377 g/mol. The maximum absolute atomic E-state index is 12.8. The van der Waals surface area contributed by atoms with Crippen molar-refractivity contribution in [2.75, 3.05) is 31.1 Å². The lowest BCUT2D eigenvalue weighted by Crippen LogP contribution is -2.49. The number of piperazine rings is 1. The van der Waals surface area contributed by atoms with Gasteiger partial charge in [0.05, 0.1) is 17.6 Å². The van der Waals surface area contributed by atoms with Gasteiger partial charge in [-0.3, -0.25) is 9.48 Å². The minimum atomic E-state index is -0.0643. The fourth-order valence-electron chi connectivity index (χ4n) is 3.70. The smallest absolute Gasteiger partial charge is 0.276 e. The monoisotopic (exact) mass is 377 g/mol. The van der Waals surface area contributed by atoms with Crippen LogP contribution in [0.25, 0.3) is 5.69 Å².